The molecule has 9 heteroatoms. The van der Waals surface area contributed by atoms with Gasteiger partial charge in [-0.25, -0.2) is 12.8 Å². The first-order valence-electron chi connectivity index (χ1n) is 15.5. The van der Waals surface area contributed by atoms with E-state index in [1.165, 1.54) is 29.2 Å². The molecule has 242 valence electrons. The number of amides is 2. The molecule has 0 heterocycles. The average molecular weight is 644 g/mol. The van der Waals surface area contributed by atoms with Crippen molar-refractivity contribution >= 4 is 27.5 Å². The number of nitrogens with one attached hydrogen (secondary N) is 1. The molecule has 1 atom stereocenters. The van der Waals surface area contributed by atoms with Gasteiger partial charge in [0, 0.05) is 19.5 Å². The lowest BCUT2D eigenvalue weighted by atomic mass is 10.0. The van der Waals surface area contributed by atoms with Crippen LogP contribution in [0.25, 0.3) is 0 Å². The van der Waals surface area contributed by atoms with Gasteiger partial charge in [0.25, 0.3) is 10.0 Å². The maximum atomic E-state index is 14.5. The van der Waals surface area contributed by atoms with Crippen LogP contribution in [-0.2, 0) is 32.6 Å². The standard InChI is InChI=1S/C37H42FN3O4S/c1-27(2)24-39-37(43)35(23-29-11-7-5-8-12-29)40(25-30-15-19-32(38)20-16-30)36(42)26-41(33-21-17-31(18-22-33)28(3)4)46(44,45)34-13-9-6-10-14-34/h5-22,27-28,35H,23-26H2,1-4H3,(H,39,43). The van der Waals surface area contributed by atoms with Gasteiger partial charge in [-0.15, -0.1) is 0 Å². The van der Waals surface area contributed by atoms with Gasteiger partial charge in [0.1, 0.15) is 18.4 Å². The molecule has 1 unspecified atom stereocenters. The fourth-order valence-electron chi connectivity index (χ4n) is 5.04. The Hall–Kier alpha value is -4.50. The summed E-state index contributed by atoms with van der Waals surface area (Å²) in [5, 5.41) is 2.97. The Balaban J connectivity index is 1.79. The van der Waals surface area contributed by atoms with E-state index in [0.29, 0.717) is 17.8 Å². The smallest absolute Gasteiger partial charge is 0.264 e. The normalized spacial score (nSPS) is 12.2. The molecule has 0 saturated heterocycles. The van der Waals surface area contributed by atoms with E-state index in [0.717, 1.165) is 15.4 Å². The minimum absolute atomic E-state index is 0.0305. The van der Waals surface area contributed by atoms with E-state index in [4.69, 9.17) is 0 Å². The predicted octanol–water partition coefficient (Wildman–Crippen LogP) is 6.56. The number of carbonyl (C=O) groups excluding carboxylic acids is 2. The minimum Gasteiger partial charge on any atom is -0.354 e. The SMILES string of the molecule is CC(C)CNC(=O)C(Cc1ccccc1)N(Cc1ccc(F)cc1)C(=O)CN(c1ccc(C(C)C)cc1)S(=O)(=O)c1ccccc1. The van der Waals surface area contributed by atoms with Crippen LogP contribution in [0.5, 0.6) is 0 Å². The Bertz CT molecular complexity index is 1680. The molecule has 0 aliphatic rings. The van der Waals surface area contributed by atoms with Gasteiger partial charge < -0.3 is 10.2 Å². The van der Waals surface area contributed by atoms with E-state index in [9.17, 15) is 22.4 Å². The molecule has 2 amide bonds. The van der Waals surface area contributed by atoms with Gasteiger partial charge in [0.15, 0.2) is 0 Å². The second-order valence-electron chi connectivity index (χ2n) is 12.1. The third-order valence-corrected chi connectivity index (χ3v) is 9.47. The zero-order valence-corrected chi connectivity index (χ0v) is 27.6. The van der Waals surface area contributed by atoms with Crippen LogP contribution in [0.15, 0.2) is 114 Å². The summed E-state index contributed by atoms with van der Waals surface area (Å²) >= 11 is 0. The fourth-order valence-corrected chi connectivity index (χ4v) is 6.47. The highest BCUT2D eigenvalue weighted by Gasteiger charge is 2.34. The number of benzene rings is 4. The highest BCUT2D eigenvalue weighted by atomic mass is 32.2. The van der Waals surface area contributed by atoms with Crippen molar-refractivity contribution < 1.29 is 22.4 Å². The zero-order chi connectivity index (χ0) is 33.3. The summed E-state index contributed by atoms with van der Waals surface area (Å²) < 4.78 is 43.2. The molecule has 1 N–H and O–H groups in total. The summed E-state index contributed by atoms with van der Waals surface area (Å²) in [5.41, 5.74) is 2.78. The molecule has 4 rings (SSSR count). The number of nitrogens with zero attached hydrogens (tertiary/aromatic N) is 2. The highest BCUT2D eigenvalue weighted by molar-refractivity contribution is 7.92. The molecule has 0 saturated carbocycles. The van der Waals surface area contributed by atoms with Gasteiger partial charge in [-0.1, -0.05) is 100 Å². The number of anilines is 1. The first-order chi connectivity index (χ1) is 22.0. The number of hydrogen-bond acceptors (Lipinski definition) is 4. The zero-order valence-electron chi connectivity index (χ0n) is 26.8. The minimum atomic E-state index is -4.18. The van der Waals surface area contributed by atoms with E-state index < -0.39 is 34.3 Å². The summed E-state index contributed by atoms with van der Waals surface area (Å²) in [7, 11) is -4.18. The van der Waals surface area contributed by atoms with E-state index in [1.807, 2.05) is 70.2 Å². The summed E-state index contributed by atoms with van der Waals surface area (Å²) in [4.78, 5) is 29.8. The summed E-state index contributed by atoms with van der Waals surface area (Å²) in [6.07, 6.45) is 0.201. The highest BCUT2D eigenvalue weighted by Crippen LogP contribution is 2.27. The Kier molecular flexibility index (Phi) is 11.7. The summed E-state index contributed by atoms with van der Waals surface area (Å²) in [6.45, 7) is 7.86. The maximum absolute atomic E-state index is 14.5. The third kappa shape index (κ3) is 9.03. The van der Waals surface area contributed by atoms with Crippen molar-refractivity contribution in [1.29, 1.82) is 0 Å². The van der Waals surface area contributed by atoms with Crippen molar-refractivity contribution in [2.75, 3.05) is 17.4 Å². The van der Waals surface area contributed by atoms with Crippen LogP contribution in [-0.4, -0.2) is 44.3 Å². The van der Waals surface area contributed by atoms with Gasteiger partial charge in [0.2, 0.25) is 11.8 Å². The number of halogens is 1. The Morgan fingerprint density at radius 3 is 1.91 bits per heavy atom. The van der Waals surface area contributed by atoms with Crippen molar-refractivity contribution in [3.8, 4) is 0 Å². The Morgan fingerprint density at radius 2 is 1.35 bits per heavy atom. The number of rotatable bonds is 14. The largest absolute Gasteiger partial charge is 0.354 e. The molecule has 7 nitrogen and oxygen atoms in total. The molecule has 4 aromatic rings. The molecule has 0 aliphatic heterocycles. The molecule has 0 aliphatic carbocycles. The number of sulfonamides is 1. The van der Waals surface area contributed by atoms with Crippen LogP contribution in [0.1, 0.15) is 50.3 Å². The monoisotopic (exact) mass is 643 g/mol. The molecule has 0 bridgehead atoms. The van der Waals surface area contributed by atoms with Crippen LogP contribution in [0.4, 0.5) is 10.1 Å². The van der Waals surface area contributed by atoms with Gasteiger partial charge >= 0.3 is 0 Å². The fraction of sp³-hybridized carbons (Fsp3) is 0.297. The molecular formula is C37H42FN3O4S. The summed E-state index contributed by atoms with van der Waals surface area (Å²) in [5.74, 6) is -0.960. The van der Waals surface area contributed by atoms with E-state index >= 15 is 0 Å². The Labute approximate surface area is 272 Å². The van der Waals surface area contributed by atoms with Crippen molar-refractivity contribution in [3.63, 3.8) is 0 Å². The first kappa shape index (κ1) is 34.4. The van der Waals surface area contributed by atoms with Crippen molar-refractivity contribution in [2.45, 2.75) is 57.5 Å². The molecule has 4 aromatic carbocycles. The molecule has 0 radical (unpaired) electrons. The summed E-state index contributed by atoms with van der Waals surface area (Å²) in [6, 6.07) is 29.2. The van der Waals surface area contributed by atoms with Crippen LogP contribution in [0.3, 0.4) is 0 Å². The number of hydrogen-bond donors (Lipinski definition) is 1. The second-order valence-corrected chi connectivity index (χ2v) is 13.9. The molecule has 0 fully saturated rings. The van der Waals surface area contributed by atoms with Crippen LogP contribution in [0, 0.1) is 11.7 Å². The maximum Gasteiger partial charge on any atom is 0.264 e. The number of carbonyl (C=O) groups is 2. The average Bonchev–Trinajstić information content (AvgIpc) is 3.05. The van der Waals surface area contributed by atoms with Crippen molar-refractivity contribution in [3.05, 3.63) is 132 Å². The van der Waals surface area contributed by atoms with Crippen molar-refractivity contribution in [1.82, 2.24) is 10.2 Å². The Morgan fingerprint density at radius 1 is 0.761 bits per heavy atom. The third-order valence-electron chi connectivity index (χ3n) is 7.68. The quantitative estimate of drug-likeness (QED) is 0.169. The van der Waals surface area contributed by atoms with Crippen LogP contribution in [0.2, 0.25) is 0 Å². The van der Waals surface area contributed by atoms with Gasteiger partial charge in [-0.3, -0.25) is 13.9 Å². The predicted molar refractivity (Wildman–Crippen MR) is 180 cm³/mol. The van der Waals surface area contributed by atoms with E-state index in [2.05, 4.69) is 5.32 Å². The topological polar surface area (TPSA) is 86.8 Å². The molecule has 0 spiro atoms. The lowest BCUT2D eigenvalue weighted by molar-refractivity contribution is -0.140. The lowest BCUT2D eigenvalue weighted by Gasteiger charge is -2.34. The molecule has 0 aromatic heterocycles. The first-order valence-corrected chi connectivity index (χ1v) is 16.9. The van der Waals surface area contributed by atoms with Gasteiger partial charge in [0.05, 0.1) is 10.6 Å². The molecular weight excluding hydrogens is 601 g/mol. The van der Waals surface area contributed by atoms with E-state index in [-0.39, 0.29) is 35.6 Å². The second kappa shape index (κ2) is 15.7. The van der Waals surface area contributed by atoms with E-state index in [1.54, 1.807) is 42.5 Å². The van der Waals surface area contributed by atoms with Crippen LogP contribution >= 0.6 is 0 Å². The van der Waals surface area contributed by atoms with Gasteiger partial charge in [-0.05, 0) is 64.9 Å². The van der Waals surface area contributed by atoms with Crippen molar-refractivity contribution in [2.24, 2.45) is 5.92 Å². The van der Waals surface area contributed by atoms with Crippen LogP contribution < -0.4 is 9.62 Å². The lowest BCUT2D eigenvalue weighted by Crippen LogP contribution is -2.53. The molecule has 46 heavy (non-hydrogen) atoms. The van der Waals surface area contributed by atoms with Gasteiger partial charge in [-0.2, -0.15) is 0 Å².